The Bertz CT molecular complexity index is 553. The first-order valence-electron chi connectivity index (χ1n) is 8.14. The van der Waals surface area contributed by atoms with Crippen LogP contribution in [-0.2, 0) is 19.1 Å². The van der Waals surface area contributed by atoms with Crippen LogP contribution in [0.3, 0.4) is 0 Å². The predicted molar refractivity (Wildman–Crippen MR) is 86.0 cm³/mol. The monoisotopic (exact) mass is 339 g/mol. The van der Waals surface area contributed by atoms with E-state index >= 15 is 0 Å². The highest BCUT2D eigenvalue weighted by atomic mass is 16.6. The highest BCUT2D eigenvalue weighted by Crippen LogP contribution is 2.31. The van der Waals surface area contributed by atoms with E-state index in [2.05, 4.69) is 4.90 Å². The highest BCUT2D eigenvalue weighted by Gasteiger charge is 2.42. The lowest BCUT2D eigenvalue weighted by atomic mass is 10.0. The molecule has 24 heavy (non-hydrogen) atoms. The molecular weight excluding hydrogens is 314 g/mol. The molecule has 0 aromatic carbocycles. The molecule has 2 aliphatic rings. The van der Waals surface area contributed by atoms with Crippen molar-refractivity contribution in [2.75, 3.05) is 19.7 Å². The molecule has 2 rings (SSSR count). The van der Waals surface area contributed by atoms with Gasteiger partial charge in [0, 0.05) is 18.7 Å². The normalized spacial score (nSPS) is 26.5. The zero-order chi connectivity index (χ0) is 17.9. The van der Waals surface area contributed by atoms with Crippen LogP contribution in [-0.4, -0.2) is 71.1 Å². The van der Waals surface area contributed by atoms with Gasteiger partial charge in [0.2, 0.25) is 0 Å². The molecule has 2 N–H and O–H groups in total. The maximum Gasteiger partial charge on any atom is 0.338 e. The topological polar surface area (TPSA) is 96.3 Å². The molecule has 1 saturated heterocycles. The maximum atomic E-state index is 12.0. The summed E-state index contributed by atoms with van der Waals surface area (Å²) >= 11 is 0. The van der Waals surface area contributed by atoms with Crippen LogP contribution in [0, 0.1) is 0 Å². The van der Waals surface area contributed by atoms with Crippen molar-refractivity contribution in [2.45, 2.75) is 51.5 Å². The minimum atomic E-state index is -1.56. The van der Waals surface area contributed by atoms with Gasteiger partial charge in [0.25, 0.3) is 0 Å². The molecule has 1 fully saturated rings. The van der Waals surface area contributed by atoms with Crippen molar-refractivity contribution in [3.05, 3.63) is 23.3 Å². The van der Waals surface area contributed by atoms with E-state index in [0.717, 1.165) is 18.5 Å². The summed E-state index contributed by atoms with van der Waals surface area (Å²) in [6.07, 6.45) is 1.37. The van der Waals surface area contributed by atoms with Crippen LogP contribution in [0.2, 0.25) is 0 Å². The van der Waals surface area contributed by atoms with E-state index in [-0.39, 0.29) is 24.7 Å². The molecule has 0 radical (unpaired) electrons. The highest BCUT2D eigenvalue weighted by molar-refractivity contribution is 5.87. The first-order valence-corrected chi connectivity index (χ1v) is 8.14. The molecule has 2 heterocycles. The van der Waals surface area contributed by atoms with E-state index in [0.29, 0.717) is 12.1 Å². The minimum Gasteiger partial charge on any atom is -0.459 e. The molecule has 2 aliphatic heterocycles. The van der Waals surface area contributed by atoms with Gasteiger partial charge in [0.05, 0.1) is 12.1 Å². The summed E-state index contributed by atoms with van der Waals surface area (Å²) in [6.45, 7) is 6.35. The number of aliphatic hydroxyl groups excluding tert-OH is 2. The van der Waals surface area contributed by atoms with Gasteiger partial charge in [-0.1, -0.05) is 12.2 Å². The van der Waals surface area contributed by atoms with Crippen molar-refractivity contribution in [3.63, 3.8) is 0 Å². The smallest absolute Gasteiger partial charge is 0.338 e. The number of aliphatic hydroxyl groups is 2. The Kier molecular flexibility index (Phi) is 6.15. The van der Waals surface area contributed by atoms with Crippen LogP contribution in [0.15, 0.2) is 23.3 Å². The van der Waals surface area contributed by atoms with E-state index in [9.17, 15) is 19.8 Å². The van der Waals surface area contributed by atoms with Gasteiger partial charge < -0.3 is 19.7 Å². The number of hydrogen-bond acceptors (Lipinski definition) is 7. The van der Waals surface area contributed by atoms with E-state index in [1.807, 2.05) is 6.08 Å². The Morgan fingerprint density at radius 2 is 2.17 bits per heavy atom. The SMILES string of the molecule is C/C=C(/C)C(=O)O[C@@H]1CCN2CC=C(COC(=O)C(O)C(C)O)[C@H]12. The number of ether oxygens (including phenoxy) is 2. The molecule has 0 aromatic heterocycles. The van der Waals surface area contributed by atoms with Crippen LogP contribution >= 0.6 is 0 Å². The van der Waals surface area contributed by atoms with Gasteiger partial charge in [-0.05, 0) is 32.8 Å². The lowest BCUT2D eigenvalue weighted by Crippen LogP contribution is -2.38. The maximum absolute atomic E-state index is 12.0. The van der Waals surface area contributed by atoms with Gasteiger partial charge in [0.1, 0.15) is 12.7 Å². The summed E-state index contributed by atoms with van der Waals surface area (Å²) in [7, 11) is 0. The molecular formula is C17H25NO6. The van der Waals surface area contributed by atoms with Gasteiger partial charge >= 0.3 is 11.9 Å². The average molecular weight is 339 g/mol. The summed E-state index contributed by atoms with van der Waals surface area (Å²) in [5.41, 5.74) is 1.41. The molecule has 0 saturated carbocycles. The molecule has 7 nitrogen and oxygen atoms in total. The van der Waals surface area contributed by atoms with Crippen molar-refractivity contribution >= 4 is 11.9 Å². The largest absolute Gasteiger partial charge is 0.459 e. The number of nitrogens with zero attached hydrogens (tertiary/aromatic N) is 1. The van der Waals surface area contributed by atoms with Crippen LogP contribution in [0.1, 0.15) is 27.2 Å². The quantitative estimate of drug-likeness (QED) is 0.404. The summed E-state index contributed by atoms with van der Waals surface area (Å²) in [4.78, 5) is 25.8. The first kappa shape index (κ1) is 18.6. The van der Waals surface area contributed by atoms with Crippen molar-refractivity contribution in [2.24, 2.45) is 0 Å². The van der Waals surface area contributed by atoms with E-state index in [1.165, 1.54) is 6.92 Å². The van der Waals surface area contributed by atoms with Crippen molar-refractivity contribution < 1.29 is 29.3 Å². The van der Waals surface area contributed by atoms with Crippen LogP contribution < -0.4 is 0 Å². The Balaban J connectivity index is 1.95. The minimum absolute atomic E-state index is 0.0143. The lowest BCUT2D eigenvalue weighted by molar-refractivity contribution is -0.158. The van der Waals surface area contributed by atoms with Gasteiger partial charge in [-0.2, -0.15) is 0 Å². The third-order valence-electron chi connectivity index (χ3n) is 4.51. The van der Waals surface area contributed by atoms with Gasteiger partial charge in [-0.15, -0.1) is 0 Å². The number of rotatable bonds is 6. The predicted octanol–water partition coefficient (Wildman–Crippen LogP) is 0.164. The summed E-state index contributed by atoms with van der Waals surface area (Å²) < 4.78 is 10.7. The second kappa shape index (κ2) is 7.92. The summed E-state index contributed by atoms with van der Waals surface area (Å²) in [5.74, 6) is -1.20. The fourth-order valence-electron chi connectivity index (χ4n) is 2.91. The van der Waals surface area contributed by atoms with Crippen molar-refractivity contribution in [3.8, 4) is 0 Å². The average Bonchev–Trinajstić information content (AvgIpc) is 3.14. The van der Waals surface area contributed by atoms with Crippen LogP contribution in [0.25, 0.3) is 0 Å². The molecule has 0 amide bonds. The zero-order valence-corrected chi connectivity index (χ0v) is 14.3. The van der Waals surface area contributed by atoms with Crippen molar-refractivity contribution in [1.82, 2.24) is 4.90 Å². The fourth-order valence-corrected chi connectivity index (χ4v) is 2.91. The Morgan fingerprint density at radius 1 is 1.46 bits per heavy atom. The number of carbonyl (C=O) groups is 2. The van der Waals surface area contributed by atoms with E-state index in [4.69, 9.17) is 9.47 Å². The van der Waals surface area contributed by atoms with E-state index in [1.54, 1.807) is 19.9 Å². The van der Waals surface area contributed by atoms with Gasteiger partial charge in [0.15, 0.2) is 6.10 Å². The molecule has 0 spiro atoms. The first-order chi connectivity index (χ1) is 11.3. The number of carbonyl (C=O) groups excluding carboxylic acids is 2. The molecule has 7 heteroatoms. The lowest BCUT2D eigenvalue weighted by Gasteiger charge is -2.24. The van der Waals surface area contributed by atoms with E-state index < -0.39 is 18.2 Å². The Labute approximate surface area is 141 Å². The third kappa shape index (κ3) is 4.03. The molecule has 0 aliphatic carbocycles. The summed E-state index contributed by atoms with van der Waals surface area (Å²) in [6, 6.07) is -0.102. The fraction of sp³-hybridized carbons (Fsp3) is 0.647. The molecule has 2 unspecified atom stereocenters. The number of fused-ring (bicyclic) bond motifs is 1. The second-order valence-corrected chi connectivity index (χ2v) is 6.22. The standard InChI is InChI=1S/C17H25NO6/c1-4-10(2)16(21)24-13-6-8-18-7-5-12(14(13)18)9-23-17(22)15(20)11(3)19/h4-5,11,13-15,19-20H,6-9H2,1-3H3/b10-4-/t11?,13-,14-,15?/m1/s1. The molecule has 134 valence electrons. The third-order valence-corrected chi connectivity index (χ3v) is 4.51. The van der Waals surface area contributed by atoms with Gasteiger partial charge in [-0.25, -0.2) is 9.59 Å². The van der Waals surface area contributed by atoms with Crippen LogP contribution in [0.5, 0.6) is 0 Å². The second-order valence-electron chi connectivity index (χ2n) is 6.22. The molecule has 0 bridgehead atoms. The number of esters is 2. The molecule has 4 atom stereocenters. The Hall–Kier alpha value is -1.70. The summed E-state index contributed by atoms with van der Waals surface area (Å²) in [5, 5.41) is 18.7. The Morgan fingerprint density at radius 3 is 2.79 bits per heavy atom. The number of allylic oxidation sites excluding steroid dienone is 1. The zero-order valence-electron chi connectivity index (χ0n) is 14.3. The van der Waals surface area contributed by atoms with Crippen molar-refractivity contribution in [1.29, 1.82) is 0 Å². The number of hydrogen-bond donors (Lipinski definition) is 2. The van der Waals surface area contributed by atoms with Gasteiger partial charge in [-0.3, -0.25) is 4.90 Å². The molecule has 0 aromatic rings. The van der Waals surface area contributed by atoms with Crippen LogP contribution in [0.4, 0.5) is 0 Å².